The van der Waals surface area contributed by atoms with Crippen LogP contribution >= 0.6 is 0 Å². The molecule has 1 N–H and O–H groups in total. The smallest absolute Gasteiger partial charge is 0.227 e. The fourth-order valence-corrected chi connectivity index (χ4v) is 4.38. The van der Waals surface area contributed by atoms with Crippen LogP contribution in [0.3, 0.4) is 0 Å². The van der Waals surface area contributed by atoms with Gasteiger partial charge in [0.2, 0.25) is 17.6 Å². The topological polar surface area (TPSA) is 74.5 Å². The first-order valence-electron chi connectivity index (χ1n) is 12.4. The van der Waals surface area contributed by atoms with Gasteiger partial charge in [0.05, 0.1) is 0 Å². The van der Waals surface area contributed by atoms with E-state index in [1.807, 2.05) is 43.3 Å². The van der Waals surface area contributed by atoms with Crippen LogP contribution in [0.4, 0.5) is 11.4 Å². The molecule has 36 heavy (non-hydrogen) atoms. The predicted octanol–water partition coefficient (Wildman–Crippen LogP) is 4.94. The second kappa shape index (κ2) is 11.2. The molecule has 1 saturated heterocycles. The van der Waals surface area contributed by atoms with Gasteiger partial charge in [-0.15, -0.1) is 0 Å². The zero-order valence-electron chi connectivity index (χ0n) is 20.6. The molecule has 0 aliphatic carbocycles. The van der Waals surface area contributed by atoms with Crippen LogP contribution in [0.2, 0.25) is 0 Å². The lowest BCUT2D eigenvalue weighted by Gasteiger charge is -2.36. The van der Waals surface area contributed by atoms with Gasteiger partial charge in [0.25, 0.3) is 0 Å². The Labute approximate surface area is 211 Å². The van der Waals surface area contributed by atoms with Crippen molar-refractivity contribution < 1.29 is 9.32 Å². The molecule has 0 bridgehead atoms. The number of benzene rings is 3. The van der Waals surface area contributed by atoms with Crippen LogP contribution in [0.25, 0.3) is 11.4 Å². The Morgan fingerprint density at radius 1 is 0.917 bits per heavy atom. The van der Waals surface area contributed by atoms with E-state index in [1.165, 1.54) is 16.8 Å². The molecule has 5 rings (SSSR count). The fourth-order valence-electron chi connectivity index (χ4n) is 4.38. The van der Waals surface area contributed by atoms with Crippen molar-refractivity contribution >= 4 is 17.3 Å². The van der Waals surface area contributed by atoms with E-state index in [-0.39, 0.29) is 12.3 Å². The van der Waals surface area contributed by atoms with Gasteiger partial charge in [0, 0.05) is 62.5 Å². The molecule has 1 fully saturated rings. The van der Waals surface area contributed by atoms with E-state index in [0.717, 1.165) is 44.0 Å². The van der Waals surface area contributed by atoms with E-state index in [4.69, 9.17) is 4.52 Å². The van der Waals surface area contributed by atoms with Gasteiger partial charge in [0.1, 0.15) is 0 Å². The summed E-state index contributed by atoms with van der Waals surface area (Å²) >= 11 is 0. The summed E-state index contributed by atoms with van der Waals surface area (Å²) in [5, 5.41) is 7.00. The van der Waals surface area contributed by atoms with E-state index in [2.05, 4.69) is 67.7 Å². The zero-order chi connectivity index (χ0) is 24.7. The maximum atomic E-state index is 12.5. The number of piperazine rings is 1. The maximum absolute atomic E-state index is 12.5. The first-order chi connectivity index (χ1) is 17.6. The molecule has 0 unspecified atom stereocenters. The summed E-state index contributed by atoms with van der Waals surface area (Å²) in [6, 6.07) is 26.7. The summed E-state index contributed by atoms with van der Waals surface area (Å²) in [5.74, 6) is 0.928. The van der Waals surface area contributed by atoms with Crippen molar-refractivity contribution in [2.45, 2.75) is 26.3 Å². The molecule has 184 valence electrons. The monoisotopic (exact) mass is 481 g/mol. The van der Waals surface area contributed by atoms with Crippen LogP contribution in [-0.4, -0.2) is 47.1 Å². The minimum atomic E-state index is -0.0765. The van der Waals surface area contributed by atoms with Crippen LogP contribution < -0.4 is 10.2 Å². The summed E-state index contributed by atoms with van der Waals surface area (Å²) in [7, 11) is 0. The standard InChI is InChI=1S/C29H31N5O2/c1-22-7-9-24(10-8-22)29-31-28(36-32-29)16-15-27(35)30-25-11-13-26(14-12-25)34-19-17-33(18-20-34)21-23-5-3-2-4-6-23/h2-14H,15-21H2,1H3,(H,30,35). The minimum absolute atomic E-state index is 0.0765. The van der Waals surface area contributed by atoms with Crippen LogP contribution in [0, 0.1) is 6.92 Å². The largest absolute Gasteiger partial charge is 0.369 e. The summed E-state index contributed by atoms with van der Waals surface area (Å²) < 4.78 is 5.32. The van der Waals surface area contributed by atoms with E-state index in [1.54, 1.807) is 0 Å². The predicted molar refractivity (Wildman–Crippen MR) is 142 cm³/mol. The minimum Gasteiger partial charge on any atom is -0.369 e. The number of amides is 1. The summed E-state index contributed by atoms with van der Waals surface area (Å²) in [6.07, 6.45) is 0.677. The van der Waals surface area contributed by atoms with Crippen molar-refractivity contribution in [1.29, 1.82) is 0 Å². The van der Waals surface area contributed by atoms with Crippen LogP contribution in [0.1, 0.15) is 23.4 Å². The molecule has 2 heterocycles. The molecule has 1 aliphatic heterocycles. The van der Waals surface area contributed by atoms with Crippen molar-refractivity contribution in [3.63, 3.8) is 0 Å². The number of nitrogens with one attached hydrogen (secondary N) is 1. The average Bonchev–Trinajstić information content (AvgIpc) is 3.39. The first kappa shape index (κ1) is 23.8. The number of anilines is 2. The summed E-state index contributed by atoms with van der Waals surface area (Å²) in [6.45, 7) is 7.09. The van der Waals surface area contributed by atoms with Crippen molar-refractivity contribution in [3.05, 3.63) is 95.9 Å². The first-order valence-corrected chi connectivity index (χ1v) is 12.4. The van der Waals surface area contributed by atoms with Gasteiger partial charge in [0.15, 0.2) is 0 Å². The fraction of sp³-hybridized carbons (Fsp3) is 0.276. The Morgan fingerprint density at radius 3 is 2.36 bits per heavy atom. The molecule has 0 spiro atoms. The third-order valence-electron chi connectivity index (χ3n) is 6.48. The second-order valence-electron chi connectivity index (χ2n) is 9.22. The number of rotatable bonds is 8. The van der Waals surface area contributed by atoms with Gasteiger partial charge in [-0.1, -0.05) is 65.3 Å². The van der Waals surface area contributed by atoms with Crippen LogP contribution in [0.15, 0.2) is 83.4 Å². The molecular formula is C29H31N5O2. The molecule has 1 amide bonds. The number of hydrogen-bond acceptors (Lipinski definition) is 6. The van der Waals surface area contributed by atoms with Gasteiger partial charge >= 0.3 is 0 Å². The summed E-state index contributed by atoms with van der Waals surface area (Å²) in [5.41, 5.74) is 5.40. The molecule has 1 aromatic heterocycles. The highest BCUT2D eigenvalue weighted by Crippen LogP contribution is 2.21. The lowest BCUT2D eigenvalue weighted by atomic mass is 10.1. The Morgan fingerprint density at radius 2 is 1.64 bits per heavy atom. The molecule has 4 aromatic rings. The molecule has 0 saturated carbocycles. The molecule has 7 nitrogen and oxygen atoms in total. The number of nitrogens with zero attached hydrogens (tertiary/aromatic N) is 4. The molecule has 7 heteroatoms. The quantitative estimate of drug-likeness (QED) is 0.384. The maximum Gasteiger partial charge on any atom is 0.227 e. The Bertz CT molecular complexity index is 1260. The molecular weight excluding hydrogens is 450 g/mol. The highest BCUT2D eigenvalue weighted by Gasteiger charge is 2.17. The van der Waals surface area contributed by atoms with Crippen molar-refractivity contribution in [2.24, 2.45) is 0 Å². The highest BCUT2D eigenvalue weighted by atomic mass is 16.5. The van der Waals surface area contributed by atoms with E-state index in [9.17, 15) is 4.79 Å². The number of hydrogen-bond donors (Lipinski definition) is 1. The van der Waals surface area contributed by atoms with Gasteiger partial charge in [-0.2, -0.15) is 4.98 Å². The van der Waals surface area contributed by atoms with Crippen LogP contribution in [0.5, 0.6) is 0 Å². The Hall–Kier alpha value is -3.97. The number of carbonyl (C=O) groups is 1. The molecule has 0 atom stereocenters. The Kier molecular flexibility index (Phi) is 7.38. The number of aromatic nitrogens is 2. The zero-order valence-corrected chi connectivity index (χ0v) is 20.6. The highest BCUT2D eigenvalue weighted by molar-refractivity contribution is 5.91. The SMILES string of the molecule is Cc1ccc(-c2noc(CCC(=O)Nc3ccc(N4CCN(Cc5ccccc5)CC4)cc3)n2)cc1. The van der Waals surface area contributed by atoms with Gasteiger partial charge in [-0.05, 0) is 36.8 Å². The van der Waals surface area contributed by atoms with Gasteiger partial charge in [-0.25, -0.2) is 0 Å². The summed E-state index contributed by atoms with van der Waals surface area (Å²) in [4.78, 5) is 21.8. The van der Waals surface area contributed by atoms with Crippen molar-refractivity contribution in [1.82, 2.24) is 15.0 Å². The van der Waals surface area contributed by atoms with Gasteiger partial charge in [-0.3, -0.25) is 9.69 Å². The number of carbonyl (C=O) groups excluding carboxylic acids is 1. The third kappa shape index (κ3) is 6.17. The van der Waals surface area contributed by atoms with E-state index >= 15 is 0 Å². The molecule has 0 radical (unpaired) electrons. The van der Waals surface area contributed by atoms with E-state index in [0.29, 0.717) is 18.1 Å². The second-order valence-corrected chi connectivity index (χ2v) is 9.22. The lowest BCUT2D eigenvalue weighted by molar-refractivity contribution is -0.116. The molecule has 3 aromatic carbocycles. The lowest BCUT2D eigenvalue weighted by Crippen LogP contribution is -2.45. The Balaban J connectivity index is 1.07. The van der Waals surface area contributed by atoms with Crippen molar-refractivity contribution in [3.8, 4) is 11.4 Å². The van der Waals surface area contributed by atoms with Gasteiger partial charge < -0.3 is 14.7 Å². The molecule has 1 aliphatic rings. The van der Waals surface area contributed by atoms with Crippen LogP contribution in [-0.2, 0) is 17.8 Å². The normalized spacial score (nSPS) is 14.1. The average molecular weight is 482 g/mol. The van der Waals surface area contributed by atoms with E-state index < -0.39 is 0 Å². The third-order valence-corrected chi connectivity index (χ3v) is 6.48. The van der Waals surface area contributed by atoms with Crippen molar-refractivity contribution in [2.75, 3.05) is 36.4 Å². The number of aryl methyl sites for hydroxylation is 2.